The van der Waals surface area contributed by atoms with E-state index in [4.69, 9.17) is 0 Å². The zero-order valence-electron chi connectivity index (χ0n) is 7.58. The van der Waals surface area contributed by atoms with Gasteiger partial charge in [-0.2, -0.15) is 0 Å². The van der Waals surface area contributed by atoms with Crippen molar-refractivity contribution in [2.75, 3.05) is 0 Å². The van der Waals surface area contributed by atoms with Gasteiger partial charge in [0.05, 0.1) is 6.10 Å². The third-order valence-electron chi connectivity index (χ3n) is 4.67. The molecule has 4 saturated carbocycles. The summed E-state index contributed by atoms with van der Waals surface area (Å²) in [7, 11) is 0. The van der Waals surface area contributed by atoms with Gasteiger partial charge in [-0.15, -0.1) is 0 Å². The van der Waals surface area contributed by atoms with E-state index in [1.54, 1.807) is 0 Å². The van der Waals surface area contributed by atoms with Crippen molar-refractivity contribution in [1.82, 2.24) is 0 Å². The van der Waals surface area contributed by atoms with Crippen molar-refractivity contribution in [2.45, 2.75) is 44.6 Å². The van der Waals surface area contributed by atoms with Gasteiger partial charge in [0.1, 0.15) is 0 Å². The molecule has 0 aliphatic heterocycles. The smallest absolute Gasteiger partial charge is 0.0599 e. The molecular formula is C11H18O. The minimum absolute atomic E-state index is 0.0836. The van der Waals surface area contributed by atoms with Crippen LogP contribution in [-0.2, 0) is 0 Å². The van der Waals surface area contributed by atoms with E-state index in [0.717, 1.165) is 11.8 Å². The minimum atomic E-state index is 0.0836. The largest absolute Gasteiger partial charge is 0.393 e. The van der Waals surface area contributed by atoms with Gasteiger partial charge in [0.15, 0.2) is 0 Å². The van der Waals surface area contributed by atoms with Gasteiger partial charge in [0, 0.05) is 0 Å². The topological polar surface area (TPSA) is 20.2 Å². The Morgan fingerprint density at radius 3 is 2.58 bits per heavy atom. The number of rotatable bonds is 0. The van der Waals surface area contributed by atoms with E-state index in [0.29, 0.717) is 11.8 Å². The Balaban J connectivity index is 1.91. The lowest BCUT2D eigenvalue weighted by molar-refractivity contribution is -0.107. The van der Waals surface area contributed by atoms with Gasteiger partial charge in [-0.1, -0.05) is 12.8 Å². The highest BCUT2D eigenvalue weighted by Crippen LogP contribution is 2.54. The Hall–Kier alpha value is -0.0400. The molecule has 1 nitrogen and oxygen atoms in total. The third-order valence-corrected chi connectivity index (χ3v) is 4.67. The van der Waals surface area contributed by atoms with E-state index < -0.39 is 0 Å². The Bertz CT molecular complexity index is 181. The van der Waals surface area contributed by atoms with E-state index in [2.05, 4.69) is 0 Å². The average molecular weight is 166 g/mol. The van der Waals surface area contributed by atoms with Gasteiger partial charge in [-0.25, -0.2) is 0 Å². The highest BCUT2D eigenvalue weighted by atomic mass is 16.3. The average Bonchev–Trinajstić information content (AvgIpc) is 2.13. The predicted octanol–water partition coefficient (Wildman–Crippen LogP) is 2.19. The molecule has 4 aliphatic rings. The Kier molecular flexibility index (Phi) is 1.52. The minimum Gasteiger partial charge on any atom is -0.393 e. The van der Waals surface area contributed by atoms with E-state index in [1.165, 1.54) is 38.5 Å². The van der Waals surface area contributed by atoms with Crippen LogP contribution < -0.4 is 0 Å². The number of fused-ring (bicyclic) bond motifs is 1. The predicted molar refractivity (Wildman–Crippen MR) is 47.7 cm³/mol. The molecule has 4 rings (SSSR count). The molecule has 0 saturated heterocycles. The first kappa shape index (κ1) is 7.37. The second kappa shape index (κ2) is 2.47. The summed E-state index contributed by atoms with van der Waals surface area (Å²) >= 11 is 0. The summed E-state index contributed by atoms with van der Waals surface area (Å²) in [5.41, 5.74) is 0. The fourth-order valence-corrected chi connectivity index (χ4v) is 4.13. The molecule has 1 heteroatoms. The molecule has 5 atom stereocenters. The number of hydrogen-bond acceptors (Lipinski definition) is 1. The van der Waals surface area contributed by atoms with Crippen molar-refractivity contribution in [3.05, 3.63) is 0 Å². The highest BCUT2D eigenvalue weighted by Gasteiger charge is 2.48. The first-order chi connectivity index (χ1) is 5.86. The standard InChI is InChI=1S/C11H18O/c12-11-8-4-5-9-7(6-8)2-1-3-10(9)11/h7-12H,1-6H2/t7?,8?,9?,10?,11-/m1/s1. The summed E-state index contributed by atoms with van der Waals surface area (Å²) in [4.78, 5) is 0. The molecule has 4 fully saturated rings. The summed E-state index contributed by atoms with van der Waals surface area (Å²) in [5.74, 6) is 3.31. The zero-order valence-corrected chi connectivity index (χ0v) is 7.58. The maximum absolute atomic E-state index is 10.0. The van der Waals surface area contributed by atoms with E-state index in [9.17, 15) is 5.11 Å². The molecule has 4 aliphatic carbocycles. The molecule has 4 unspecified atom stereocenters. The number of aliphatic hydroxyl groups excluding tert-OH is 1. The monoisotopic (exact) mass is 166 g/mol. The van der Waals surface area contributed by atoms with Gasteiger partial charge in [0.25, 0.3) is 0 Å². The van der Waals surface area contributed by atoms with Crippen LogP contribution in [0.15, 0.2) is 0 Å². The summed E-state index contributed by atoms with van der Waals surface area (Å²) in [6.07, 6.45) is 8.34. The first-order valence-corrected chi connectivity index (χ1v) is 5.54. The molecule has 0 aromatic rings. The molecule has 0 aromatic carbocycles. The van der Waals surface area contributed by atoms with Gasteiger partial charge in [0.2, 0.25) is 0 Å². The Morgan fingerprint density at radius 2 is 1.75 bits per heavy atom. The second-order valence-electron chi connectivity index (χ2n) is 5.08. The van der Waals surface area contributed by atoms with Gasteiger partial charge < -0.3 is 5.11 Å². The third kappa shape index (κ3) is 0.834. The van der Waals surface area contributed by atoms with Crippen LogP contribution in [0.2, 0.25) is 0 Å². The fraction of sp³-hybridized carbons (Fsp3) is 1.00. The van der Waals surface area contributed by atoms with Crippen LogP contribution in [0.5, 0.6) is 0 Å². The molecule has 0 amide bonds. The van der Waals surface area contributed by atoms with Crippen LogP contribution in [0.1, 0.15) is 38.5 Å². The Morgan fingerprint density at radius 1 is 0.833 bits per heavy atom. The SMILES string of the molecule is O[C@@H]1C2CCC3C(CCCC31)C2. The molecule has 1 N–H and O–H groups in total. The van der Waals surface area contributed by atoms with Crippen molar-refractivity contribution in [1.29, 1.82) is 0 Å². The molecule has 68 valence electrons. The lowest BCUT2D eigenvalue weighted by atomic mass is 9.53. The van der Waals surface area contributed by atoms with Gasteiger partial charge in [-0.05, 0) is 49.4 Å². The van der Waals surface area contributed by atoms with Crippen LogP contribution in [0.3, 0.4) is 0 Å². The molecule has 0 spiro atoms. The maximum Gasteiger partial charge on any atom is 0.0599 e. The molecule has 0 heterocycles. The summed E-state index contributed by atoms with van der Waals surface area (Å²) in [6, 6.07) is 0. The van der Waals surface area contributed by atoms with Crippen LogP contribution in [0.25, 0.3) is 0 Å². The van der Waals surface area contributed by atoms with Crippen molar-refractivity contribution in [2.24, 2.45) is 23.7 Å². The normalized spacial score (nSPS) is 57.2. The van der Waals surface area contributed by atoms with E-state index >= 15 is 0 Å². The fourth-order valence-electron chi connectivity index (χ4n) is 4.13. The molecule has 4 bridgehead atoms. The zero-order chi connectivity index (χ0) is 8.13. The number of aliphatic hydroxyl groups is 1. The molecule has 12 heavy (non-hydrogen) atoms. The highest BCUT2D eigenvalue weighted by molar-refractivity contribution is 4.99. The quantitative estimate of drug-likeness (QED) is 0.585. The first-order valence-electron chi connectivity index (χ1n) is 5.54. The van der Waals surface area contributed by atoms with Gasteiger partial charge >= 0.3 is 0 Å². The van der Waals surface area contributed by atoms with Gasteiger partial charge in [-0.3, -0.25) is 0 Å². The van der Waals surface area contributed by atoms with Crippen LogP contribution in [0, 0.1) is 23.7 Å². The lowest BCUT2D eigenvalue weighted by Crippen LogP contribution is -2.50. The summed E-state index contributed by atoms with van der Waals surface area (Å²) in [6.45, 7) is 0. The van der Waals surface area contributed by atoms with Crippen molar-refractivity contribution in [3.63, 3.8) is 0 Å². The van der Waals surface area contributed by atoms with Crippen LogP contribution >= 0.6 is 0 Å². The van der Waals surface area contributed by atoms with Crippen molar-refractivity contribution >= 4 is 0 Å². The summed E-state index contributed by atoms with van der Waals surface area (Å²) < 4.78 is 0. The van der Waals surface area contributed by atoms with Crippen molar-refractivity contribution < 1.29 is 5.11 Å². The van der Waals surface area contributed by atoms with E-state index in [-0.39, 0.29) is 6.10 Å². The lowest BCUT2D eigenvalue weighted by Gasteiger charge is -2.53. The number of hydrogen-bond donors (Lipinski definition) is 1. The maximum atomic E-state index is 10.0. The molecule has 0 radical (unpaired) electrons. The van der Waals surface area contributed by atoms with E-state index in [1.807, 2.05) is 0 Å². The Labute approximate surface area is 74.2 Å². The van der Waals surface area contributed by atoms with Crippen molar-refractivity contribution in [3.8, 4) is 0 Å². The molecule has 0 aromatic heterocycles. The summed E-state index contributed by atoms with van der Waals surface area (Å²) in [5, 5.41) is 10.0. The van der Waals surface area contributed by atoms with Crippen LogP contribution in [-0.4, -0.2) is 11.2 Å². The van der Waals surface area contributed by atoms with Crippen LogP contribution in [0.4, 0.5) is 0 Å². The second-order valence-corrected chi connectivity index (χ2v) is 5.08. The molecular weight excluding hydrogens is 148 g/mol.